The Hall–Kier alpha value is -3.18. The molecule has 0 bridgehead atoms. The number of carbonyl (C=O) groups is 1. The van der Waals surface area contributed by atoms with Gasteiger partial charge in [-0.1, -0.05) is 48.0 Å². The Kier molecular flexibility index (Phi) is 5.61. The van der Waals surface area contributed by atoms with Gasteiger partial charge in [-0.2, -0.15) is 0 Å². The van der Waals surface area contributed by atoms with Gasteiger partial charge in [0.2, 0.25) is 5.91 Å². The van der Waals surface area contributed by atoms with Crippen molar-refractivity contribution in [3.05, 3.63) is 84.1 Å². The third-order valence-electron chi connectivity index (χ3n) is 3.63. The normalized spacial score (nSPS) is 10.7. The Morgan fingerprint density at radius 1 is 1.00 bits per heavy atom. The van der Waals surface area contributed by atoms with Gasteiger partial charge >= 0.3 is 0 Å². The molecule has 0 saturated carbocycles. The zero-order valence-corrected chi connectivity index (χ0v) is 15.0. The number of aryl methyl sites for hydroxylation is 1. The molecule has 1 heterocycles. The lowest BCUT2D eigenvalue weighted by Gasteiger charge is -2.08. The first-order chi connectivity index (χ1) is 12.6. The third-order valence-corrected chi connectivity index (χ3v) is 3.83. The number of rotatable bonds is 4. The van der Waals surface area contributed by atoms with Crippen molar-refractivity contribution >= 4 is 35.0 Å². The van der Waals surface area contributed by atoms with Crippen LogP contribution in [0.1, 0.15) is 11.3 Å². The monoisotopic (exact) mass is 362 g/mol. The van der Waals surface area contributed by atoms with Gasteiger partial charge in [0.1, 0.15) is 11.5 Å². The summed E-state index contributed by atoms with van der Waals surface area (Å²) in [6.45, 7) is 2.01. The first kappa shape index (κ1) is 17.6. The predicted molar refractivity (Wildman–Crippen MR) is 109 cm³/mol. The Balaban J connectivity index is 1.55. The number of nitrogens with one attached hydrogen (secondary N) is 2. The molecule has 2 aromatic carbocycles. The van der Waals surface area contributed by atoms with Crippen molar-refractivity contribution in [2.75, 3.05) is 5.32 Å². The van der Waals surface area contributed by atoms with E-state index in [2.05, 4.69) is 10.6 Å². The number of hydrogen-bond donors (Lipinski definition) is 2. The quantitative estimate of drug-likeness (QED) is 0.518. The van der Waals surface area contributed by atoms with E-state index in [1.54, 1.807) is 6.08 Å². The van der Waals surface area contributed by atoms with Crippen LogP contribution in [0.25, 0.3) is 17.4 Å². The minimum absolute atomic E-state index is 0.243. The summed E-state index contributed by atoms with van der Waals surface area (Å²) < 4.78 is 5.72. The van der Waals surface area contributed by atoms with Gasteiger partial charge < -0.3 is 9.73 Å². The van der Waals surface area contributed by atoms with Crippen LogP contribution in [-0.4, -0.2) is 11.0 Å². The molecule has 0 aliphatic carbocycles. The molecule has 1 aromatic heterocycles. The summed E-state index contributed by atoms with van der Waals surface area (Å²) in [6, 6.07) is 21.2. The standard InChI is InChI=1S/C21H18N2O2S/c1-15-7-9-17(10-8-15)22-21(26)23-20(24)14-12-18-11-13-19(25-18)16-5-3-2-4-6-16/h2-14H,1H3,(H2,22,23,24,26)/b14-12+. The van der Waals surface area contributed by atoms with Crippen LogP contribution in [0.4, 0.5) is 5.69 Å². The van der Waals surface area contributed by atoms with E-state index < -0.39 is 0 Å². The van der Waals surface area contributed by atoms with E-state index in [0.29, 0.717) is 5.76 Å². The molecule has 3 aromatic rings. The lowest BCUT2D eigenvalue weighted by molar-refractivity contribution is -0.115. The summed E-state index contributed by atoms with van der Waals surface area (Å²) in [6.07, 6.45) is 2.99. The number of benzene rings is 2. The van der Waals surface area contributed by atoms with E-state index in [0.717, 1.165) is 22.6 Å². The fourth-order valence-electron chi connectivity index (χ4n) is 2.31. The predicted octanol–water partition coefficient (Wildman–Crippen LogP) is 4.78. The van der Waals surface area contributed by atoms with Crippen LogP contribution in [0.3, 0.4) is 0 Å². The fourth-order valence-corrected chi connectivity index (χ4v) is 2.53. The Morgan fingerprint density at radius 2 is 1.73 bits per heavy atom. The van der Waals surface area contributed by atoms with Crippen molar-refractivity contribution in [3.63, 3.8) is 0 Å². The second-order valence-corrected chi connectivity index (χ2v) is 6.12. The van der Waals surface area contributed by atoms with E-state index in [1.807, 2.05) is 73.7 Å². The number of thiocarbonyl (C=S) groups is 1. The van der Waals surface area contributed by atoms with Gasteiger partial charge in [-0.3, -0.25) is 10.1 Å². The van der Waals surface area contributed by atoms with Crippen LogP contribution in [0.15, 0.2) is 77.2 Å². The number of furan rings is 1. The number of hydrogen-bond acceptors (Lipinski definition) is 3. The highest BCUT2D eigenvalue weighted by molar-refractivity contribution is 7.80. The molecule has 26 heavy (non-hydrogen) atoms. The van der Waals surface area contributed by atoms with Crippen molar-refractivity contribution in [2.45, 2.75) is 6.92 Å². The zero-order valence-electron chi connectivity index (χ0n) is 14.2. The molecular weight excluding hydrogens is 344 g/mol. The molecule has 0 aliphatic heterocycles. The van der Waals surface area contributed by atoms with E-state index in [1.165, 1.54) is 6.08 Å². The molecule has 0 unspecified atom stereocenters. The third kappa shape index (κ3) is 4.91. The first-order valence-electron chi connectivity index (χ1n) is 8.12. The van der Waals surface area contributed by atoms with Crippen molar-refractivity contribution < 1.29 is 9.21 Å². The summed E-state index contributed by atoms with van der Waals surface area (Å²) >= 11 is 5.14. The van der Waals surface area contributed by atoms with Crippen LogP contribution in [0.2, 0.25) is 0 Å². The topological polar surface area (TPSA) is 54.3 Å². The summed E-state index contributed by atoms with van der Waals surface area (Å²) in [5.41, 5.74) is 2.96. The highest BCUT2D eigenvalue weighted by atomic mass is 32.1. The van der Waals surface area contributed by atoms with Crippen molar-refractivity contribution in [3.8, 4) is 11.3 Å². The van der Waals surface area contributed by atoms with E-state index in [9.17, 15) is 4.79 Å². The van der Waals surface area contributed by atoms with Gasteiger partial charge in [0.15, 0.2) is 5.11 Å². The maximum absolute atomic E-state index is 12.0. The van der Waals surface area contributed by atoms with Crippen LogP contribution in [-0.2, 0) is 4.79 Å². The Bertz CT molecular complexity index is 928. The average molecular weight is 362 g/mol. The second-order valence-electron chi connectivity index (χ2n) is 5.71. The van der Waals surface area contributed by atoms with Gasteiger partial charge in [-0.15, -0.1) is 0 Å². The van der Waals surface area contributed by atoms with Crippen LogP contribution < -0.4 is 10.6 Å². The maximum Gasteiger partial charge on any atom is 0.250 e. The summed E-state index contributed by atoms with van der Waals surface area (Å²) in [4.78, 5) is 12.0. The van der Waals surface area contributed by atoms with E-state index >= 15 is 0 Å². The SMILES string of the molecule is Cc1ccc(NC(=S)NC(=O)/C=C/c2ccc(-c3ccccc3)o2)cc1. The molecule has 5 heteroatoms. The minimum Gasteiger partial charge on any atom is -0.457 e. The molecule has 0 spiro atoms. The van der Waals surface area contributed by atoms with Crippen molar-refractivity contribution in [2.24, 2.45) is 0 Å². The number of carbonyl (C=O) groups excluding carboxylic acids is 1. The molecule has 1 amide bonds. The lowest BCUT2D eigenvalue weighted by Crippen LogP contribution is -2.32. The fraction of sp³-hybridized carbons (Fsp3) is 0.0476. The Morgan fingerprint density at radius 3 is 2.46 bits per heavy atom. The highest BCUT2D eigenvalue weighted by Crippen LogP contribution is 2.22. The summed E-state index contributed by atoms with van der Waals surface area (Å²) in [7, 11) is 0. The van der Waals surface area contributed by atoms with Crippen LogP contribution >= 0.6 is 12.2 Å². The molecule has 0 saturated heterocycles. The van der Waals surface area contributed by atoms with Gasteiger partial charge in [0.25, 0.3) is 0 Å². The molecule has 4 nitrogen and oxygen atoms in total. The first-order valence-corrected chi connectivity index (χ1v) is 8.53. The maximum atomic E-state index is 12.0. The molecule has 130 valence electrons. The Labute approximate surface area is 157 Å². The average Bonchev–Trinajstić information content (AvgIpc) is 3.12. The van der Waals surface area contributed by atoms with Crippen molar-refractivity contribution in [1.29, 1.82) is 0 Å². The van der Waals surface area contributed by atoms with Crippen molar-refractivity contribution in [1.82, 2.24) is 5.32 Å². The molecule has 0 aliphatic rings. The molecule has 0 atom stereocenters. The van der Waals surface area contributed by atoms with E-state index in [-0.39, 0.29) is 11.0 Å². The zero-order chi connectivity index (χ0) is 18.4. The van der Waals surface area contributed by atoms with Crippen LogP contribution in [0, 0.1) is 6.92 Å². The summed E-state index contributed by atoms with van der Waals surface area (Å²) in [5, 5.41) is 5.81. The highest BCUT2D eigenvalue weighted by Gasteiger charge is 2.04. The molecule has 0 fully saturated rings. The summed E-state index contributed by atoms with van der Waals surface area (Å²) in [5.74, 6) is 1.02. The van der Waals surface area contributed by atoms with Gasteiger partial charge in [0, 0.05) is 17.3 Å². The lowest BCUT2D eigenvalue weighted by atomic mass is 10.2. The number of anilines is 1. The van der Waals surface area contributed by atoms with Crippen LogP contribution in [0.5, 0.6) is 0 Å². The number of amides is 1. The molecule has 0 radical (unpaired) electrons. The van der Waals surface area contributed by atoms with E-state index in [4.69, 9.17) is 16.6 Å². The molecular formula is C21H18N2O2S. The van der Waals surface area contributed by atoms with Gasteiger partial charge in [-0.05, 0) is 49.5 Å². The van der Waals surface area contributed by atoms with Gasteiger partial charge in [-0.25, -0.2) is 0 Å². The largest absolute Gasteiger partial charge is 0.457 e. The smallest absolute Gasteiger partial charge is 0.250 e. The second kappa shape index (κ2) is 8.27. The molecule has 2 N–H and O–H groups in total. The minimum atomic E-state index is -0.327. The van der Waals surface area contributed by atoms with Gasteiger partial charge in [0.05, 0.1) is 0 Å². The molecule has 3 rings (SSSR count).